The number of benzene rings is 3. The number of hydrogen-bond acceptors (Lipinski definition) is 6. The molecule has 1 atom stereocenters. The first-order chi connectivity index (χ1) is 20.8. The Morgan fingerprint density at radius 1 is 0.953 bits per heavy atom. The average molecular weight is 603 g/mol. The van der Waals surface area contributed by atoms with Crippen LogP contribution in [0.25, 0.3) is 10.9 Å². The van der Waals surface area contributed by atoms with Gasteiger partial charge in [-0.3, -0.25) is 9.45 Å². The Kier molecular flexibility index (Phi) is 7.15. The summed E-state index contributed by atoms with van der Waals surface area (Å²) in [5.74, 6) is 2.17. The van der Waals surface area contributed by atoms with Crippen molar-refractivity contribution >= 4 is 21.0 Å². The molecule has 1 fully saturated rings. The number of rotatable bonds is 7. The molecule has 226 valence electrons. The van der Waals surface area contributed by atoms with Crippen LogP contribution in [0.4, 0.5) is 0 Å². The Hall–Kier alpha value is -3.53. The van der Waals surface area contributed by atoms with E-state index in [1.807, 2.05) is 53.1 Å². The van der Waals surface area contributed by atoms with Crippen molar-refractivity contribution in [3.8, 4) is 17.2 Å². The molecular formula is C34H38N2O6S. The predicted octanol–water partition coefficient (Wildman–Crippen LogP) is 6.40. The van der Waals surface area contributed by atoms with E-state index in [0.717, 1.165) is 77.2 Å². The molecule has 43 heavy (non-hydrogen) atoms. The van der Waals surface area contributed by atoms with Crippen LogP contribution in [0.5, 0.6) is 17.2 Å². The highest BCUT2D eigenvalue weighted by Gasteiger charge is 2.49. The zero-order chi connectivity index (χ0) is 29.8. The van der Waals surface area contributed by atoms with Gasteiger partial charge in [0.1, 0.15) is 12.4 Å². The molecule has 0 amide bonds. The lowest BCUT2D eigenvalue weighted by Gasteiger charge is -2.43. The molecule has 0 bridgehead atoms. The Bertz CT molecular complexity index is 1780. The van der Waals surface area contributed by atoms with E-state index >= 15 is 0 Å². The molecule has 1 saturated carbocycles. The van der Waals surface area contributed by atoms with Gasteiger partial charge in [0, 0.05) is 30.2 Å². The minimum absolute atomic E-state index is 0.0968. The van der Waals surface area contributed by atoms with Gasteiger partial charge in [-0.2, -0.15) is 8.42 Å². The van der Waals surface area contributed by atoms with Crippen molar-refractivity contribution in [1.29, 1.82) is 0 Å². The van der Waals surface area contributed by atoms with Crippen molar-refractivity contribution in [2.45, 2.75) is 69.0 Å². The fourth-order valence-electron chi connectivity index (χ4n) is 7.66. The van der Waals surface area contributed by atoms with Gasteiger partial charge in [0.15, 0.2) is 16.4 Å². The lowest BCUT2D eigenvalue weighted by atomic mass is 9.84. The van der Waals surface area contributed by atoms with Gasteiger partial charge < -0.3 is 18.8 Å². The van der Waals surface area contributed by atoms with E-state index in [9.17, 15) is 13.0 Å². The lowest BCUT2D eigenvalue weighted by Crippen LogP contribution is -2.46. The Labute approximate surface area is 252 Å². The molecule has 1 unspecified atom stereocenters. The number of nitrogens with zero attached hydrogens (tertiary/aromatic N) is 2. The first-order valence-corrected chi connectivity index (χ1v) is 16.6. The number of aromatic nitrogens is 1. The van der Waals surface area contributed by atoms with Crippen molar-refractivity contribution in [2.24, 2.45) is 0 Å². The van der Waals surface area contributed by atoms with Crippen molar-refractivity contribution in [3.63, 3.8) is 0 Å². The van der Waals surface area contributed by atoms with Gasteiger partial charge in [-0.15, -0.1) is 0 Å². The summed E-state index contributed by atoms with van der Waals surface area (Å²) in [7, 11) is -1.06. The summed E-state index contributed by atoms with van der Waals surface area (Å²) in [5, 5.41) is 0.990. The molecule has 1 aliphatic carbocycles. The SMILES string of the molecule is COc1ccc2c(c1)c1c(n2C2(S(=O)(=O)O)CCCCC2)CN2CCc3cc(OC)c(OCc4ccccc4)cc3C2C1. The topological polar surface area (TPSA) is 90.2 Å². The van der Waals surface area contributed by atoms with Crippen molar-refractivity contribution in [2.75, 3.05) is 20.8 Å². The fourth-order valence-corrected chi connectivity index (χ4v) is 8.90. The van der Waals surface area contributed by atoms with Gasteiger partial charge in [-0.25, -0.2) is 0 Å². The second-order valence-corrected chi connectivity index (χ2v) is 13.8. The van der Waals surface area contributed by atoms with Crippen LogP contribution in [0.3, 0.4) is 0 Å². The highest BCUT2D eigenvalue weighted by Crippen LogP contribution is 2.49. The minimum Gasteiger partial charge on any atom is -0.497 e. The van der Waals surface area contributed by atoms with E-state index in [0.29, 0.717) is 32.4 Å². The third-order valence-corrected chi connectivity index (χ3v) is 11.3. The second-order valence-electron chi connectivity index (χ2n) is 12.0. The largest absolute Gasteiger partial charge is 0.497 e. The van der Waals surface area contributed by atoms with Gasteiger partial charge in [-0.05, 0) is 91.1 Å². The lowest BCUT2D eigenvalue weighted by molar-refractivity contribution is 0.149. The number of hydrogen-bond donors (Lipinski definition) is 1. The van der Waals surface area contributed by atoms with E-state index in [1.54, 1.807) is 14.2 Å². The summed E-state index contributed by atoms with van der Waals surface area (Å²) in [6.45, 7) is 1.88. The normalized spacial score (nSPS) is 19.7. The van der Waals surface area contributed by atoms with Crippen molar-refractivity contribution in [3.05, 3.63) is 88.6 Å². The van der Waals surface area contributed by atoms with E-state index in [1.165, 1.54) is 11.1 Å². The van der Waals surface area contributed by atoms with E-state index in [4.69, 9.17) is 14.2 Å². The van der Waals surface area contributed by atoms with Crippen molar-refractivity contribution in [1.82, 2.24) is 9.47 Å². The van der Waals surface area contributed by atoms with Gasteiger partial charge in [0.25, 0.3) is 10.1 Å². The maximum Gasteiger partial charge on any atom is 0.289 e. The van der Waals surface area contributed by atoms with Crippen LogP contribution >= 0.6 is 0 Å². The molecule has 8 nitrogen and oxygen atoms in total. The van der Waals surface area contributed by atoms with Crippen LogP contribution in [0, 0.1) is 0 Å². The number of ether oxygens (including phenoxy) is 3. The maximum absolute atomic E-state index is 13.2. The third-order valence-electron chi connectivity index (χ3n) is 9.79. The highest BCUT2D eigenvalue weighted by atomic mass is 32.2. The minimum atomic E-state index is -4.39. The summed E-state index contributed by atoms with van der Waals surface area (Å²) in [6, 6.07) is 20.3. The first-order valence-electron chi connectivity index (χ1n) is 15.1. The zero-order valence-electron chi connectivity index (χ0n) is 24.7. The number of fused-ring (bicyclic) bond motifs is 6. The standard InChI is InChI=1S/C34H38N2O6S/c1-40-25-11-12-29-27(18-25)28-19-30-26-20-33(42-22-23-9-5-3-6-10-23)32(41-2)17-24(26)13-16-35(30)21-31(28)36(29)34(43(37,38)39)14-7-4-8-15-34/h3,5-6,9-12,17-18,20,30H,4,7-8,13-16,19,21-22H2,1-2H3,(H,37,38,39). The quantitative estimate of drug-likeness (QED) is 0.245. The molecule has 9 heteroatoms. The highest BCUT2D eigenvalue weighted by molar-refractivity contribution is 7.86. The molecule has 3 aliphatic rings. The van der Waals surface area contributed by atoms with Crippen LogP contribution in [-0.2, 0) is 41.0 Å². The molecule has 2 aliphatic heterocycles. The Morgan fingerprint density at radius 3 is 2.47 bits per heavy atom. The predicted molar refractivity (Wildman–Crippen MR) is 165 cm³/mol. The van der Waals surface area contributed by atoms with E-state index < -0.39 is 15.0 Å². The third kappa shape index (κ3) is 4.69. The smallest absolute Gasteiger partial charge is 0.289 e. The molecular weight excluding hydrogens is 564 g/mol. The van der Waals surface area contributed by atoms with Gasteiger partial charge in [-0.1, -0.05) is 36.8 Å². The summed E-state index contributed by atoms with van der Waals surface area (Å²) in [5.41, 5.74) is 6.49. The zero-order valence-corrected chi connectivity index (χ0v) is 25.5. The summed E-state index contributed by atoms with van der Waals surface area (Å²) in [6.07, 6.45) is 4.87. The molecule has 1 aromatic heterocycles. The first kappa shape index (κ1) is 28.3. The Morgan fingerprint density at radius 2 is 1.74 bits per heavy atom. The van der Waals surface area contributed by atoms with Crippen LogP contribution in [0.1, 0.15) is 66.1 Å². The van der Waals surface area contributed by atoms with Gasteiger partial charge in [0.2, 0.25) is 0 Å². The second kappa shape index (κ2) is 10.9. The Balaban J connectivity index is 1.34. The van der Waals surface area contributed by atoms with Crippen molar-refractivity contribution < 1.29 is 27.2 Å². The summed E-state index contributed by atoms with van der Waals surface area (Å²) in [4.78, 5) is 1.09. The average Bonchev–Trinajstić information content (AvgIpc) is 3.35. The maximum atomic E-state index is 13.2. The van der Waals surface area contributed by atoms with Crippen LogP contribution in [-0.4, -0.2) is 43.2 Å². The molecule has 3 heterocycles. The van der Waals surface area contributed by atoms with Crippen LogP contribution in [0.2, 0.25) is 0 Å². The monoisotopic (exact) mass is 602 g/mol. The molecule has 3 aromatic carbocycles. The molecule has 0 spiro atoms. The van der Waals surface area contributed by atoms with Crippen LogP contribution < -0.4 is 14.2 Å². The molecule has 4 aromatic rings. The van der Waals surface area contributed by atoms with E-state index in [2.05, 4.69) is 17.0 Å². The fraction of sp³-hybridized carbons (Fsp3) is 0.412. The van der Waals surface area contributed by atoms with Crippen LogP contribution in [0.15, 0.2) is 60.7 Å². The molecule has 0 saturated heterocycles. The molecule has 7 rings (SSSR count). The van der Waals surface area contributed by atoms with Gasteiger partial charge >= 0.3 is 0 Å². The van der Waals surface area contributed by atoms with E-state index in [-0.39, 0.29) is 6.04 Å². The molecule has 1 N–H and O–H groups in total. The molecule has 0 radical (unpaired) electrons. The number of methoxy groups -OCH3 is 2. The summed E-state index contributed by atoms with van der Waals surface area (Å²) >= 11 is 0. The van der Waals surface area contributed by atoms with Gasteiger partial charge in [0.05, 0.1) is 19.7 Å². The summed E-state index contributed by atoms with van der Waals surface area (Å²) < 4.78 is 56.9.